The molecule has 21 heavy (non-hydrogen) atoms. The molecular weight excluding hydrogens is 395 g/mol. The first-order valence-electron chi connectivity index (χ1n) is 7.21. The van der Waals surface area contributed by atoms with Crippen LogP contribution in [0.4, 0.5) is 0 Å². The summed E-state index contributed by atoms with van der Waals surface area (Å²) >= 11 is 1.98. The Bertz CT molecular complexity index is 433. The highest BCUT2D eigenvalue weighted by Crippen LogP contribution is 2.24. The second-order valence-corrected chi connectivity index (χ2v) is 6.66. The van der Waals surface area contributed by atoms with Crippen molar-refractivity contribution in [2.45, 2.75) is 19.8 Å². The standard InChI is InChI=1S/C15H24N4S.HI/c1-12(2)14(13-4-3-5-17-10-13)11-18-15(16)19-6-8-20-9-7-19;/h3-5,10,12,14H,6-9,11H2,1-2H3,(H2,16,18);1H. The van der Waals surface area contributed by atoms with E-state index in [4.69, 9.17) is 5.73 Å². The Labute approximate surface area is 149 Å². The average molecular weight is 420 g/mol. The van der Waals surface area contributed by atoms with Crippen LogP contribution in [0.15, 0.2) is 29.5 Å². The molecule has 1 aliphatic rings. The summed E-state index contributed by atoms with van der Waals surface area (Å²) in [7, 11) is 0. The Hall–Kier alpha value is -0.500. The zero-order chi connectivity index (χ0) is 14.4. The Morgan fingerprint density at radius 3 is 2.71 bits per heavy atom. The van der Waals surface area contributed by atoms with Crippen molar-refractivity contribution in [3.63, 3.8) is 0 Å². The summed E-state index contributed by atoms with van der Waals surface area (Å²) in [4.78, 5) is 11.0. The van der Waals surface area contributed by atoms with Crippen molar-refractivity contribution in [3.8, 4) is 0 Å². The Morgan fingerprint density at radius 2 is 2.14 bits per heavy atom. The molecule has 2 N–H and O–H groups in total. The van der Waals surface area contributed by atoms with E-state index in [0.717, 1.165) is 31.1 Å². The minimum absolute atomic E-state index is 0. The maximum absolute atomic E-state index is 6.13. The van der Waals surface area contributed by atoms with Gasteiger partial charge in [-0.15, -0.1) is 24.0 Å². The van der Waals surface area contributed by atoms with Crippen LogP contribution in [0.1, 0.15) is 25.3 Å². The lowest BCUT2D eigenvalue weighted by Gasteiger charge is -2.28. The molecule has 1 aromatic rings. The topological polar surface area (TPSA) is 54.5 Å². The van der Waals surface area contributed by atoms with Gasteiger partial charge in [0.1, 0.15) is 0 Å². The van der Waals surface area contributed by atoms with E-state index in [2.05, 4.69) is 34.8 Å². The van der Waals surface area contributed by atoms with Crippen molar-refractivity contribution >= 4 is 41.7 Å². The summed E-state index contributed by atoms with van der Waals surface area (Å²) in [6, 6.07) is 4.11. The molecule has 0 radical (unpaired) electrons. The first kappa shape index (κ1) is 18.5. The molecule has 0 amide bonds. The molecule has 2 rings (SSSR count). The van der Waals surface area contributed by atoms with Gasteiger partial charge in [0.05, 0.1) is 0 Å². The summed E-state index contributed by atoms with van der Waals surface area (Å²) in [5.74, 6) is 3.88. The van der Waals surface area contributed by atoms with Crippen molar-refractivity contribution in [3.05, 3.63) is 30.1 Å². The van der Waals surface area contributed by atoms with Gasteiger partial charge in [0.25, 0.3) is 0 Å². The molecule has 6 heteroatoms. The minimum Gasteiger partial charge on any atom is -0.370 e. The van der Waals surface area contributed by atoms with Crippen LogP contribution in [0.5, 0.6) is 0 Å². The lowest BCUT2D eigenvalue weighted by Crippen LogP contribution is -2.42. The van der Waals surface area contributed by atoms with Gasteiger partial charge in [-0.1, -0.05) is 19.9 Å². The zero-order valence-electron chi connectivity index (χ0n) is 12.7. The normalized spacial score (nSPS) is 17.5. The molecule has 1 aromatic heterocycles. The fraction of sp³-hybridized carbons (Fsp3) is 0.600. The number of pyridine rings is 1. The van der Waals surface area contributed by atoms with Crippen LogP contribution < -0.4 is 5.73 Å². The largest absolute Gasteiger partial charge is 0.370 e. The highest BCUT2D eigenvalue weighted by atomic mass is 127. The quantitative estimate of drug-likeness (QED) is 0.463. The molecule has 1 unspecified atom stereocenters. The number of hydrogen-bond donors (Lipinski definition) is 1. The summed E-state index contributed by atoms with van der Waals surface area (Å²) in [5.41, 5.74) is 7.37. The number of thioether (sulfide) groups is 1. The monoisotopic (exact) mass is 420 g/mol. The van der Waals surface area contributed by atoms with E-state index in [-0.39, 0.29) is 24.0 Å². The predicted molar refractivity (Wildman–Crippen MR) is 103 cm³/mol. The van der Waals surface area contributed by atoms with Crippen molar-refractivity contribution in [1.29, 1.82) is 0 Å². The van der Waals surface area contributed by atoms with Crippen LogP contribution in [0.3, 0.4) is 0 Å². The van der Waals surface area contributed by atoms with Crippen LogP contribution in [0.2, 0.25) is 0 Å². The van der Waals surface area contributed by atoms with Gasteiger partial charge in [-0.05, 0) is 17.5 Å². The highest BCUT2D eigenvalue weighted by Gasteiger charge is 2.17. The lowest BCUT2D eigenvalue weighted by molar-refractivity contribution is 0.449. The van der Waals surface area contributed by atoms with E-state index in [0.29, 0.717) is 17.8 Å². The van der Waals surface area contributed by atoms with Crippen LogP contribution in [-0.2, 0) is 0 Å². The average Bonchev–Trinajstić information content (AvgIpc) is 2.49. The molecule has 2 heterocycles. The van der Waals surface area contributed by atoms with Crippen LogP contribution >= 0.6 is 35.7 Å². The fourth-order valence-corrected chi connectivity index (χ4v) is 3.28. The van der Waals surface area contributed by atoms with Gasteiger partial charge in [-0.3, -0.25) is 9.98 Å². The van der Waals surface area contributed by atoms with E-state index in [1.165, 1.54) is 5.56 Å². The fourth-order valence-electron chi connectivity index (χ4n) is 2.38. The summed E-state index contributed by atoms with van der Waals surface area (Å²) in [6.45, 7) is 7.21. The van der Waals surface area contributed by atoms with Crippen molar-refractivity contribution in [2.75, 3.05) is 31.1 Å². The van der Waals surface area contributed by atoms with Crippen molar-refractivity contribution in [2.24, 2.45) is 16.6 Å². The van der Waals surface area contributed by atoms with Crippen LogP contribution in [0, 0.1) is 5.92 Å². The summed E-state index contributed by atoms with van der Waals surface area (Å²) in [5, 5.41) is 0. The maximum atomic E-state index is 6.13. The van der Waals surface area contributed by atoms with Gasteiger partial charge in [0, 0.05) is 49.5 Å². The number of aromatic nitrogens is 1. The minimum atomic E-state index is 0. The van der Waals surface area contributed by atoms with E-state index < -0.39 is 0 Å². The predicted octanol–water partition coefficient (Wildman–Crippen LogP) is 2.80. The van der Waals surface area contributed by atoms with Crippen molar-refractivity contribution in [1.82, 2.24) is 9.88 Å². The van der Waals surface area contributed by atoms with Crippen molar-refractivity contribution < 1.29 is 0 Å². The third kappa shape index (κ3) is 5.65. The van der Waals surface area contributed by atoms with Crippen LogP contribution in [-0.4, -0.2) is 47.0 Å². The van der Waals surface area contributed by atoms with E-state index in [1.54, 1.807) is 0 Å². The lowest BCUT2D eigenvalue weighted by atomic mass is 9.89. The molecule has 1 fully saturated rings. The zero-order valence-corrected chi connectivity index (χ0v) is 15.9. The molecule has 0 aliphatic carbocycles. The first-order valence-corrected chi connectivity index (χ1v) is 8.36. The van der Waals surface area contributed by atoms with E-state index >= 15 is 0 Å². The Morgan fingerprint density at radius 1 is 1.43 bits per heavy atom. The molecule has 1 aliphatic heterocycles. The van der Waals surface area contributed by atoms with Gasteiger partial charge < -0.3 is 10.6 Å². The molecular formula is C15H25IN4S. The molecule has 0 aromatic carbocycles. The number of nitrogens with two attached hydrogens (primary N) is 1. The number of halogens is 1. The maximum Gasteiger partial charge on any atom is 0.191 e. The summed E-state index contributed by atoms with van der Waals surface area (Å²) in [6.07, 6.45) is 3.75. The molecule has 0 spiro atoms. The molecule has 118 valence electrons. The van der Waals surface area contributed by atoms with Gasteiger partial charge >= 0.3 is 0 Å². The highest BCUT2D eigenvalue weighted by molar-refractivity contribution is 14.0. The number of rotatable bonds is 4. The Balaban J connectivity index is 0.00000220. The third-order valence-corrected chi connectivity index (χ3v) is 4.64. The van der Waals surface area contributed by atoms with Gasteiger partial charge in [-0.2, -0.15) is 11.8 Å². The molecule has 4 nitrogen and oxygen atoms in total. The second-order valence-electron chi connectivity index (χ2n) is 5.44. The molecule has 0 saturated carbocycles. The SMILES string of the molecule is CC(C)C(CN=C(N)N1CCSCC1)c1cccnc1.I. The number of guanidine groups is 1. The van der Waals surface area contributed by atoms with Gasteiger partial charge in [0.15, 0.2) is 5.96 Å². The van der Waals surface area contributed by atoms with E-state index in [9.17, 15) is 0 Å². The van der Waals surface area contributed by atoms with Gasteiger partial charge in [-0.25, -0.2) is 0 Å². The smallest absolute Gasteiger partial charge is 0.191 e. The number of hydrogen-bond acceptors (Lipinski definition) is 3. The summed E-state index contributed by atoms with van der Waals surface area (Å²) < 4.78 is 0. The first-order chi connectivity index (χ1) is 9.68. The van der Waals surface area contributed by atoms with E-state index in [1.807, 2.05) is 30.2 Å². The molecule has 1 saturated heterocycles. The van der Waals surface area contributed by atoms with Crippen LogP contribution in [0.25, 0.3) is 0 Å². The number of nitrogens with zero attached hydrogens (tertiary/aromatic N) is 3. The molecule has 1 atom stereocenters. The molecule has 0 bridgehead atoms. The number of aliphatic imine (C=N–C) groups is 1. The second kappa shape index (κ2) is 9.50. The third-order valence-electron chi connectivity index (χ3n) is 3.70. The Kier molecular flexibility index (Phi) is 8.39. The van der Waals surface area contributed by atoms with Gasteiger partial charge in [0.2, 0.25) is 0 Å².